The molecule has 0 bridgehead atoms. The first kappa shape index (κ1) is 17.9. The Bertz CT molecular complexity index is 671. The SMILES string of the molecule is CCC(C)(C)N(C)S(=O)(=O)c1cc([N+](=O)[O-])c(Cl)cc1C. The van der Waals surface area contributed by atoms with Crippen LogP contribution in [0.4, 0.5) is 5.69 Å². The smallest absolute Gasteiger partial charge is 0.258 e. The number of aryl methyl sites for hydroxylation is 1. The molecule has 1 rings (SSSR count). The van der Waals surface area contributed by atoms with Crippen molar-refractivity contribution in [1.29, 1.82) is 0 Å². The van der Waals surface area contributed by atoms with Crippen LogP contribution in [0.25, 0.3) is 0 Å². The number of nitro groups is 1. The van der Waals surface area contributed by atoms with Gasteiger partial charge in [0.15, 0.2) is 0 Å². The lowest BCUT2D eigenvalue weighted by molar-refractivity contribution is -0.384. The minimum atomic E-state index is -3.84. The van der Waals surface area contributed by atoms with E-state index in [4.69, 9.17) is 11.6 Å². The van der Waals surface area contributed by atoms with E-state index in [1.54, 1.807) is 20.8 Å². The van der Waals surface area contributed by atoms with Gasteiger partial charge in [0.05, 0.1) is 9.82 Å². The van der Waals surface area contributed by atoms with E-state index in [-0.39, 0.29) is 9.92 Å². The molecular weight excluding hydrogens is 316 g/mol. The number of rotatable bonds is 5. The monoisotopic (exact) mass is 334 g/mol. The van der Waals surface area contributed by atoms with Crippen LogP contribution in [0.3, 0.4) is 0 Å². The molecule has 0 saturated carbocycles. The van der Waals surface area contributed by atoms with Gasteiger partial charge in [-0.25, -0.2) is 8.42 Å². The van der Waals surface area contributed by atoms with Gasteiger partial charge >= 0.3 is 0 Å². The second-order valence-corrected chi connectivity index (χ2v) is 7.81. The molecule has 6 nitrogen and oxygen atoms in total. The van der Waals surface area contributed by atoms with Crippen LogP contribution in [0.1, 0.15) is 32.8 Å². The lowest BCUT2D eigenvalue weighted by Crippen LogP contribution is -2.44. The molecule has 0 saturated heterocycles. The Hall–Kier alpha value is -1.18. The molecule has 0 aliphatic carbocycles. The second kappa shape index (κ2) is 5.90. The maximum absolute atomic E-state index is 12.7. The number of hydrogen-bond donors (Lipinski definition) is 0. The van der Waals surface area contributed by atoms with E-state index in [0.29, 0.717) is 12.0 Å². The zero-order chi connectivity index (χ0) is 16.6. The first-order valence-corrected chi connectivity index (χ1v) is 8.20. The highest BCUT2D eigenvalue weighted by Crippen LogP contribution is 2.33. The molecule has 0 heterocycles. The number of sulfonamides is 1. The molecule has 118 valence electrons. The van der Waals surface area contributed by atoms with Crippen molar-refractivity contribution in [2.45, 2.75) is 44.6 Å². The van der Waals surface area contributed by atoms with E-state index in [1.807, 2.05) is 6.92 Å². The van der Waals surface area contributed by atoms with Crippen LogP contribution < -0.4 is 0 Å². The Morgan fingerprint density at radius 2 is 1.90 bits per heavy atom. The fourth-order valence-corrected chi connectivity index (χ4v) is 3.84. The largest absolute Gasteiger partial charge is 0.289 e. The molecule has 1 aromatic rings. The number of nitrogens with zero attached hydrogens (tertiary/aromatic N) is 2. The molecule has 21 heavy (non-hydrogen) atoms. The van der Waals surface area contributed by atoms with Gasteiger partial charge in [-0.3, -0.25) is 10.1 Å². The molecule has 8 heteroatoms. The highest BCUT2D eigenvalue weighted by atomic mass is 35.5. The average molecular weight is 335 g/mol. The summed E-state index contributed by atoms with van der Waals surface area (Å²) in [6.07, 6.45) is 0.609. The molecule has 0 aliphatic heterocycles. The minimum absolute atomic E-state index is 0.0751. The van der Waals surface area contributed by atoms with E-state index in [2.05, 4.69) is 0 Å². The fourth-order valence-electron chi connectivity index (χ4n) is 1.76. The second-order valence-electron chi connectivity index (χ2n) is 5.46. The third-order valence-electron chi connectivity index (χ3n) is 3.80. The van der Waals surface area contributed by atoms with Crippen LogP contribution >= 0.6 is 11.6 Å². The van der Waals surface area contributed by atoms with Gasteiger partial charge in [0, 0.05) is 18.7 Å². The van der Waals surface area contributed by atoms with Crippen molar-refractivity contribution < 1.29 is 13.3 Å². The molecule has 0 spiro atoms. The lowest BCUT2D eigenvalue weighted by Gasteiger charge is -2.34. The maximum atomic E-state index is 12.7. The third-order valence-corrected chi connectivity index (χ3v) is 6.31. The summed E-state index contributed by atoms with van der Waals surface area (Å²) in [5, 5.41) is 10.9. The molecule has 0 N–H and O–H groups in total. The lowest BCUT2D eigenvalue weighted by atomic mass is 10.0. The van der Waals surface area contributed by atoms with Crippen LogP contribution in [-0.4, -0.2) is 30.2 Å². The normalized spacial score (nSPS) is 12.7. The van der Waals surface area contributed by atoms with E-state index < -0.39 is 26.2 Å². The van der Waals surface area contributed by atoms with Gasteiger partial charge in [0.2, 0.25) is 10.0 Å². The highest BCUT2D eigenvalue weighted by Gasteiger charge is 2.34. The molecule has 0 amide bonds. The summed E-state index contributed by atoms with van der Waals surface area (Å²) in [6.45, 7) is 7.03. The van der Waals surface area contributed by atoms with E-state index in [9.17, 15) is 18.5 Å². The van der Waals surface area contributed by atoms with Gasteiger partial charge in [-0.2, -0.15) is 4.31 Å². The molecule has 0 atom stereocenters. The Balaban J connectivity index is 3.52. The summed E-state index contributed by atoms with van der Waals surface area (Å²) in [5.74, 6) is 0. The van der Waals surface area contributed by atoms with Gasteiger partial charge in [0.25, 0.3) is 5.69 Å². The van der Waals surface area contributed by atoms with Gasteiger partial charge in [0.1, 0.15) is 5.02 Å². The summed E-state index contributed by atoms with van der Waals surface area (Å²) in [4.78, 5) is 10.2. The first-order valence-electron chi connectivity index (χ1n) is 6.38. The fraction of sp³-hybridized carbons (Fsp3) is 0.538. The van der Waals surface area contributed by atoms with Crippen molar-refractivity contribution in [1.82, 2.24) is 4.31 Å². The zero-order valence-electron chi connectivity index (χ0n) is 12.7. The molecule has 1 aromatic carbocycles. The van der Waals surface area contributed by atoms with Crippen molar-refractivity contribution in [2.24, 2.45) is 0 Å². The molecule has 0 unspecified atom stereocenters. The highest BCUT2D eigenvalue weighted by molar-refractivity contribution is 7.89. The van der Waals surface area contributed by atoms with Crippen molar-refractivity contribution in [2.75, 3.05) is 7.05 Å². The van der Waals surface area contributed by atoms with Crippen LogP contribution in [0, 0.1) is 17.0 Å². The van der Waals surface area contributed by atoms with Gasteiger partial charge in [-0.1, -0.05) is 18.5 Å². The maximum Gasteiger partial charge on any atom is 0.289 e. The van der Waals surface area contributed by atoms with E-state index >= 15 is 0 Å². The number of halogens is 1. The molecule has 0 aliphatic rings. The minimum Gasteiger partial charge on any atom is -0.258 e. The van der Waals surface area contributed by atoms with Crippen LogP contribution in [0.5, 0.6) is 0 Å². The summed E-state index contributed by atoms with van der Waals surface area (Å²) in [5.41, 5.74) is -0.632. The predicted molar refractivity (Wildman–Crippen MR) is 82.2 cm³/mol. The number of benzene rings is 1. The predicted octanol–water partition coefficient (Wildman–Crippen LogP) is 3.37. The Morgan fingerprint density at radius 3 is 2.33 bits per heavy atom. The molecule has 0 radical (unpaired) electrons. The van der Waals surface area contributed by atoms with Crippen molar-refractivity contribution in [3.63, 3.8) is 0 Å². The van der Waals surface area contributed by atoms with E-state index in [0.717, 1.165) is 6.07 Å². The van der Waals surface area contributed by atoms with E-state index in [1.165, 1.54) is 17.4 Å². The number of nitro benzene ring substituents is 1. The third kappa shape index (κ3) is 3.36. The zero-order valence-corrected chi connectivity index (χ0v) is 14.2. The average Bonchev–Trinajstić information content (AvgIpc) is 2.36. The molecule has 0 fully saturated rings. The molecular formula is C13H19ClN2O4S. The van der Waals surface area contributed by atoms with Gasteiger partial charge in [-0.15, -0.1) is 0 Å². The summed E-state index contributed by atoms with van der Waals surface area (Å²) < 4.78 is 26.6. The van der Waals surface area contributed by atoms with Crippen LogP contribution in [0.2, 0.25) is 5.02 Å². The number of hydrogen-bond acceptors (Lipinski definition) is 4. The molecule has 0 aromatic heterocycles. The van der Waals surface area contributed by atoms with Crippen molar-refractivity contribution in [3.05, 3.63) is 32.8 Å². The van der Waals surface area contributed by atoms with Crippen LogP contribution in [-0.2, 0) is 10.0 Å². The van der Waals surface area contributed by atoms with Crippen LogP contribution in [0.15, 0.2) is 17.0 Å². The Morgan fingerprint density at radius 1 is 1.38 bits per heavy atom. The quantitative estimate of drug-likeness (QED) is 0.610. The first-order chi connectivity index (χ1) is 9.45. The topological polar surface area (TPSA) is 80.5 Å². The summed E-state index contributed by atoms with van der Waals surface area (Å²) in [7, 11) is -2.37. The van der Waals surface area contributed by atoms with Gasteiger partial charge < -0.3 is 0 Å². The van der Waals surface area contributed by atoms with Gasteiger partial charge in [-0.05, 0) is 38.8 Å². The standard InChI is InChI=1S/C13H19ClN2O4S/c1-6-13(3,4)15(5)21(19,20)12-8-11(16(17)18)10(14)7-9(12)2/h7-8H,6H2,1-5H3. The summed E-state index contributed by atoms with van der Waals surface area (Å²) in [6, 6.07) is 2.33. The van der Waals surface area contributed by atoms with Crippen molar-refractivity contribution >= 4 is 27.3 Å². The Labute approximate surface area is 129 Å². The van der Waals surface area contributed by atoms with Crippen molar-refractivity contribution in [3.8, 4) is 0 Å². The summed E-state index contributed by atoms with van der Waals surface area (Å²) >= 11 is 5.79. The Kier molecular flexibility index (Phi) is 5.02.